The van der Waals surface area contributed by atoms with Crippen molar-refractivity contribution in [2.24, 2.45) is 0 Å². The maximum atomic E-state index is 12.9. The van der Waals surface area contributed by atoms with Gasteiger partial charge in [-0.3, -0.25) is 0 Å². The molecule has 1 N–H and O–H groups in total. The normalized spacial score (nSPS) is 14.9. The highest BCUT2D eigenvalue weighted by Crippen LogP contribution is 2.11. The van der Waals surface area contributed by atoms with Gasteiger partial charge in [0.05, 0.1) is 0 Å². The third-order valence-corrected chi connectivity index (χ3v) is 4.33. The first-order valence-corrected chi connectivity index (χ1v) is 8.40. The van der Waals surface area contributed by atoms with Gasteiger partial charge in [0.2, 0.25) is 0 Å². The molecule has 2 aromatic carbocycles. The third-order valence-electron chi connectivity index (χ3n) is 3.97. The summed E-state index contributed by atoms with van der Waals surface area (Å²) < 4.78 is 12.9. The van der Waals surface area contributed by atoms with Gasteiger partial charge in [-0.15, -0.1) is 0 Å². The SMILES string of the molecule is Fc1ccc(NC(=S)N2CCN(C=Cc3ccccc3)CC2)cc1. The molecule has 0 aromatic heterocycles. The van der Waals surface area contributed by atoms with Crippen LogP contribution in [0.1, 0.15) is 5.56 Å². The summed E-state index contributed by atoms with van der Waals surface area (Å²) in [5, 5.41) is 3.85. The first kappa shape index (κ1) is 16.5. The molecule has 1 aliphatic heterocycles. The van der Waals surface area contributed by atoms with Crippen LogP contribution < -0.4 is 5.32 Å². The first-order valence-electron chi connectivity index (χ1n) is 7.99. The van der Waals surface area contributed by atoms with Gasteiger partial charge >= 0.3 is 0 Å². The van der Waals surface area contributed by atoms with Gasteiger partial charge in [0.1, 0.15) is 5.82 Å². The second-order valence-electron chi connectivity index (χ2n) is 5.69. The van der Waals surface area contributed by atoms with E-state index in [0.717, 1.165) is 31.9 Å². The summed E-state index contributed by atoms with van der Waals surface area (Å²) in [7, 11) is 0. The molecule has 1 aliphatic rings. The van der Waals surface area contributed by atoms with Crippen molar-refractivity contribution >= 4 is 29.1 Å². The number of nitrogens with zero attached hydrogens (tertiary/aromatic N) is 2. The predicted molar refractivity (Wildman–Crippen MR) is 101 cm³/mol. The standard InChI is InChI=1S/C19H20FN3S/c20-17-6-8-18(9-7-17)21-19(24)23-14-12-22(13-15-23)11-10-16-4-2-1-3-5-16/h1-11H,12-15H2,(H,21,24). The monoisotopic (exact) mass is 341 g/mol. The number of nitrogens with one attached hydrogen (secondary N) is 1. The van der Waals surface area contributed by atoms with Crippen molar-refractivity contribution < 1.29 is 4.39 Å². The van der Waals surface area contributed by atoms with Crippen molar-refractivity contribution in [2.45, 2.75) is 0 Å². The van der Waals surface area contributed by atoms with E-state index in [0.29, 0.717) is 5.11 Å². The van der Waals surface area contributed by atoms with Crippen molar-refractivity contribution in [3.63, 3.8) is 0 Å². The van der Waals surface area contributed by atoms with E-state index in [1.807, 2.05) is 18.2 Å². The van der Waals surface area contributed by atoms with Gasteiger partial charge in [0, 0.05) is 31.9 Å². The van der Waals surface area contributed by atoms with Crippen LogP contribution in [-0.4, -0.2) is 41.1 Å². The molecule has 0 bridgehead atoms. The Morgan fingerprint density at radius 1 is 0.958 bits per heavy atom. The largest absolute Gasteiger partial charge is 0.374 e. The summed E-state index contributed by atoms with van der Waals surface area (Å²) in [5.74, 6) is -0.245. The average molecular weight is 341 g/mol. The van der Waals surface area contributed by atoms with Crippen LogP contribution in [0.4, 0.5) is 10.1 Å². The predicted octanol–water partition coefficient (Wildman–Crippen LogP) is 3.81. The van der Waals surface area contributed by atoms with Crippen LogP contribution >= 0.6 is 12.2 Å². The minimum Gasteiger partial charge on any atom is -0.374 e. The lowest BCUT2D eigenvalue weighted by Gasteiger charge is -2.35. The molecule has 0 saturated carbocycles. The smallest absolute Gasteiger partial charge is 0.173 e. The Labute approximate surface area is 147 Å². The van der Waals surface area contributed by atoms with E-state index < -0.39 is 0 Å². The molecule has 0 radical (unpaired) electrons. The van der Waals surface area contributed by atoms with E-state index in [-0.39, 0.29) is 5.82 Å². The number of benzene rings is 2. The minimum atomic E-state index is -0.245. The van der Waals surface area contributed by atoms with Crippen LogP contribution in [-0.2, 0) is 0 Å². The molecule has 1 saturated heterocycles. The summed E-state index contributed by atoms with van der Waals surface area (Å²) in [6.07, 6.45) is 4.27. The van der Waals surface area contributed by atoms with Crippen LogP contribution in [0, 0.1) is 5.82 Å². The Balaban J connectivity index is 1.48. The molecule has 0 atom stereocenters. The summed E-state index contributed by atoms with van der Waals surface area (Å²) in [4.78, 5) is 4.44. The zero-order chi connectivity index (χ0) is 16.8. The fourth-order valence-electron chi connectivity index (χ4n) is 2.57. The molecular weight excluding hydrogens is 321 g/mol. The number of anilines is 1. The van der Waals surface area contributed by atoms with Crippen LogP contribution in [0.15, 0.2) is 60.8 Å². The average Bonchev–Trinajstić information content (AvgIpc) is 2.63. The van der Waals surface area contributed by atoms with Crippen LogP contribution in [0.2, 0.25) is 0 Å². The zero-order valence-corrected chi connectivity index (χ0v) is 14.2. The Bertz CT molecular complexity index is 692. The van der Waals surface area contributed by atoms with Gasteiger partial charge in [-0.1, -0.05) is 30.3 Å². The van der Waals surface area contributed by atoms with Gasteiger partial charge in [0.15, 0.2) is 5.11 Å². The quantitative estimate of drug-likeness (QED) is 0.856. The summed E-state index contributed by atoms with van der Waals surface area (Å²) in [5.41, 5.74) is 2.02. The molecule has 0 aliphatic carbocycles. The maximum Gasteiger partial charge on any atom is 0.173 e. The van der Waals surface area contributed by atoms with Crippen LogP contribution in [0.5, 0.6) is 0 Å². The number of thiocarbonyl (C=S) groups is 1. The first-order chi connectivity index (χ1) is 11.7. The minimum absolute atomic E-state index is 0.245. The van der Waals surface area contributed by atoms with Gasteiger partial charge in [-0.25, -0.2) is 4.39 Å². The summed E-state index contributed by atoms with van der Waals surface area (Å²) in [6, 6.07) is 16.5. The van der Waals surface area contributed by atoms with E-state index in [4.69, 9.17) is 12.2 Å². The van der Waals surface area contributed by atoms with Crippen molar-refractivity contribution in [1.29, 1.82) is 0 Å². The lowest BCUT2D eigenvalue weighted by atomic mass is 10.2. The van der Waals surface area contributed by atoms with Crippen LogP contribution in [0.25, 0.3) is 6.08 Å². The number of hydrogen-bond acceptors (Lipinski definition) is 2. The lowest BCUT2D eigenvalue weighted by Crippen LogP contribution is -2.48. The highest BCUT2D eigenvalue weighted by atomic mass is 32.1. The Morgan fingerprint density at radius 3 is 2.29 bits per heavy atom. The Morgan fingerprint density at radius 2 is 1.62 bits per heavy atom. The van der Waals surface area contributed by atoms with Gasteiger partial charge in [-0.2, -0.15) is 0 Å². The lowest BCUT2D eigenvalue weighted by molar-refractivity contribution is 0.241. The number of halogens is 1. The van der Waals surface area contributed by atoms with Crippen molar-refractivity contribution in [3.05, 3.63) is 72.2 Å². The van der Waals surface area contributed by atoms with E-state index in [9.17, 15) is 4.39 Å². The highest BCUT2D eigenvalue weighted by Gasteiger charge is 2.16. The van der Waals surface area contributed by atoms with E-state index >= 15 is 0 Å². The molecule has 0 spiro atoms. The van der Waals surface area contributed by atoms with Gasteiger partial charge in [-0.05, 0) is 54.3 Å². The van der Waals surface area contributed by atoms with E-state index in [2.05, 4.69) is 39.5 Å². The molecule has 1 fully saturated rings. The van der Waals surface area contributed by atoms with Crippen molar-refractivity contribution in [1.82, 2.24) is 9.80 Å². The molecule has 0 amide bonds. The molecule has 3 rings (SSSR count). The Hall–Kier alpha value is -2.40. The van der Waals surface area contributed by atoms with Crippen molar-refractivity contribution in [2.75, 3.05) is 31.5 Å². The molecule has 5 heteroatoms. The molecule has 3 nitrogen and oxygen atoms in total. The fraction of sp³-hybridized carbons (Fsp3) is 0.211. The maximum absolute atomic E-state index is 12.9. The second kappa shape index (κ2) is 7.93. The highest BCUT2D eigenvalue weighted by molar-refractivity contribution is 7.80. The molecule has 2 aromatic rings. The fourth-order valence-corrected chi connectivity index (χ4v) is 2.87. The number of piperazine rings is 1. The molecule has 1 heterocycles. The Kier molecular flexibility index (Phi) is 5.43. The van der Waals surface area contributed by atoms with Crippen molar-refractivity contribution in [3.8, 4) is 0 Å². The van der Waals surface area contributed by atoms with Gasteiger partial charge in [0.25, 0.3) is 0 Å². The number of hydrogen-bond donors (Lipinski definition) is 1. The topological polar surface area (TPSA) is 18.5 Å². The van der Waals surface area contributed by atoms with Crippen LogP contribution in [0.3, 0.4) is 0 Å². The molecular formula is C19H20FN3S. The summed E-state index contributed by atoms with van der Waals surface area (Å²) >= 11 is 5.45. The van der Waals surface area contributed by atoms with E-state index in [1.165, 1.54) is 17.7 Å². The van der Waals surface area contributed by atoms with Gasteiger partial charge < -0.3 is 15.1 Å². The zero-order valence-electron chi connectivity index (χ0n) is 13.4. The number of rotatable bonds is 3. The molecule has 0 unspecified atom stereocenters. The molecule has 124 valence electrons. The second-order valence-corrected chi connectivity index (χ2v) is 6.07. The molecule has 24 heavy (non-hydrogen) atoms. The van der Waals surface area contributed by atoms with E-state index in [1.54, 1.807) is 12.1 Å². The third kappa shape index (κ3) is 4.55. The summed E-state index contributed by atoms with van der Waals surface area (Å²) in [6.45, 7) is 3.58.